The van der Waals surface area contributed by atoms with Crippen LogP contribution in [0.3, 0.4) is 0 Å². The summed E-state index contributed by atoms with van der Waals surface area (Å²) in [7, 11) is 0. The molecule has 0 atom stereocenters. The molecule has 0 aliphatic carbocycles. The summed E-state index contributed by atoms with van der Waals surface area (Å²) in [5.74, 6) is 0. The molecule has 16 heavy (non-hydrogen) atoms. The number of fused-ring (bicyclic) bond motifs is 1. The molecule has 0 saturated heterocycles. The van der Waals surface area contributed by atoms with Crippen LogP contribution < -0.4 is 5.73 Å². The van der Waals surface area contributed by atoms with Gasteiger partial charge in [-0.2, -0.15) is 13.2 Å². The number of nitrogens with two attached hydrogens (primary N) is 1. The average molecular weight is 229 g/mol. The van der Waals surface area contributed by atoms with Crippen LogP contribution >= 0.6 is 0 Å². The lowest BCUT2D eigenvalue weighted by atomic mass is 10.2. The van der Waals surface area contributed by atoms with Gasteiger partial charge in [0.25, 0.3) is 0 Å². The van der Waals surface area contributed by atoms with E-state index in [1.807, 2.05) is 0 Å². The second-order valence-corrected chi connectivity index (χ2v) is 3.40. The number of halogens is 3. The molecule has 2 aromatic heterocycles. The van der Waals surface area contributed by atoms with Crippen molar-refractivity contribution in [2.45, 2.75) is 12.6 Å². The average Bonchev–Trinajstić information content (AvgIpc) is 2.61. The summed E-state index contributed by atoms with van der Waals surface area (Å²) in [4.78, 5) is 3.79. The van der Waals surface area contributed by atoms with E-state index >= 15 is 0 Å². The molecule has 86 valence electrons. The molecule has 0 aliphatic heterocycles. The van der Waals surface area contributed by atoms with E-state index in [4.69, 9.17) is 5.73 Å². The van der Waals surface area contributed by atoms with Gasteiger partial charge in [-0.25, -0.2) is 4.98 Å². The van der Waals surface area contributed by atoms with Crippen LogP contribution in [-0.2, 0) is 12.6 Å². The molecule has 3 nitrogen and oxygen atoms in total. The van der Waals surface area contributed by atoms with Crippen molar-refractivity contribution in [3.8, 4) is 0 Å². The van der Waals surface area contributed by atoms with Crippen LogP contribution in [0.4, 0.5) is 13.2 Å². The highest BCUT2D eigenvalue weighted by molar-refractivity contribution is 5.50. The van der Waals surface area contributed by atoms with Crippen LogP contribution in [0.25, 0.3) is 5.65 Å². The zero-order valence-electron chi connectivity index (χ0n) is 8.33. The predicted octanol–water partition coefficient (Wildman–Crippen LogP) is 1.85. The van der Waals surface area contributed by atoms with Crippen LogP contribution in [0.1, 0.15) is 11.3 Å². The molecule has 0 unspecified atom stereocenters. The summed E-state index contributed by atoms with van der Waals surface area (Å²) in [6.45, 7) is 0.379. The summed E-state index contributed by atoms with van der Waals surface area (Å²) in [5.41, 5.74) is 5.26. The molecule has 0 radical (unpaired) electrons. The molecule has 6 heteroatoms. The quantitative estimate of drug-likeness (QED) is 0.854. The van der Waals surface area contributed by atoms with Crippen LogP contribution in [0.15, 0.2) is 24.5 Å². The van der Waals surface area contributed by atoms with Crippen molar-refractivity contribution < 1.29 is 13.2 Å². The van der Waals surface area contributed by atoms with E-state index < -0.39 is 11.7 Å². The number of imidazole rings is 1. The molecule has 0 aliphatic rings. The van der Waals surface area contributed by atoms with E-state index in [0.717, 1.165) is 6.07 Å². The fourth-order valence-corrected chi connectivity index (χ4v) is 1.62. The molecule has 2 aromatic rings. The first-order chi connectivity index (χ1) is 7.54. The van der Waals surface area contributed by atoms with Gasteiger partial charge in [0.05, 0.1) is 5.56 Å². The smallest absolute Gasteiger partial charge is 0.330 e. The van der Waals surface area contributed by atoms with Gasteiger partial charge >= 0.3 is 6.18 Å². The summed E-state index contributed by atoms with van der Waals surface area (Å²) in [6, 6.07) is 2.38. The van der Waals surface area contributed by atoms with Gasteiger partial charge in [-0.3, -0.25) is 0 Å². The van der Waals surface area contributed by atoms with E-state index in [2.05, 4.69) is 4.98 Å². The van der Waals surface area contributed by atoms with Crippen molar-refractivity contribution in [2.24, 2.45) is 5.73 Å². The lowest BCUT2D eigenvalue weighted by Gasteiger charge is -2.08. The maximum absolute atomic E-state index is 12.6. The lowest BCUT2D eigenvalue weighted by Crippen LogP contribution is -2.09. The summed E-state index contributed by atoms with van der Waals surface area (Å²) in [5, 5.41) is 0. The molecule has 0 saturated carbocycles. The van der Waals surface area contributed by atoms with Gasteiger partial charge in [-0.1, -0.05) is 0 Å². The Morgan fingerprint density at radius 1 is 1.38 bits per heavy atom. The zero-order chi connectivity index (χ0) is 11.8. The Hall–Kier alpha value is -1.56. The monoisotopic (exact) mass is 229 g/mol. The number of aromatic nitrogens is 2. The highest BCUT2D eigenvalue weighted by Crippen LogP contribution is 2.31. The first-order valence-corrected chi connectivity index (χ1v) is 4.76. The Labute approximate surface area is 89.7 Å². The summed E-state index contributed by atoms with van der Waals surface area (Å²) in [6.07, 6.45) is -0.893. The van der Waals surface area contributed by atoms with Crippen LogP contribution in [0, 0.1) is 0 Å². The van der Waals surface area contributed by atoms with Crippen LogP contribution in [-0.4, -0.2) is 15.9 Å². The van der Waals surface area contributed by atoms with Crippen molar-refractivity contribution in [1.82, 2.24) is 9.38 Å². The van der Waals surface area contributed by atoms with Crippen molar-refractivity contribution >= 4 is 5.65 Å². The number of hydrogen-bond donors (Lipinski definition) is 1. The van der Waals surface area contributed by atoms with Gasteiger partial charge in [0.2, 0.25) is 0 Å². The third kappa shape index (κ3) is 1.76. The standard InChI is InChI=1S/C10H10F3N3/c11-10(12,13)8-2-1-5-16-7(3-4-14)6-15-9(8)16/h1-2,5-6H,3-4,14H2. The molecule has 0 bridgehead atoms. The SMILES string of the molecule is NCCc1cnc2c(C(F)(F)F)cccn12. The normalized spacial score (nSPS) is 12.2. The number of nitrogens with zero attached hydrogens (tertiary/aromatic N) is 2. The minimum Gasteiger partial charge on any atom is -0.330 e. The first kappa shape index (κ1) is 10.9. The molecule has 0 aromatic carbocycles. The topological polar surface area (TPSA) is 43.3 Å². The fraction of sp³-hybridized carbons (Fsp3) is 0.300. The van der Waals surface area contributed by atoms with Gasteiger partial charge in [-0.15, -0.1) is 0 Å². The van der Waals surface area contributed by atoms with Crippen LogP contribution in [0.5, 0.6) is 0 Å². The maximum Gasteiger partial charge on any atom is 0.419 e. The van der Waals surface area contributed by atoms with Crippen molar-refractivity contribution in [2.75, 3.05) is 6.54 Å². The molecule has 0 fully saturated rings. The second-order valence-electron chi connectivity index (χ2n) is 3.40. The van der Waals surface area contributed by atoms with Crippen LogP contribution in [0.2, 0.25) is 0 Å². The van der Waals surface area contributed by atoms with E-state index in [1.54, 1.807) is 6.20 Å². The Morgan fingerprint density at radius 3 is 2.75 bits per heavy atom. The Morgan fingerprint density at radius 2 is 2.12 bits per heavy atom. The largest absolute Gasteiger partial charge is 0.419 e. The lowest BCUT2D eigenvalue weighted by molar-refractivity contribution is -0.136. The predicted molar refractivity (Wildman–Crippen MR) is 53.0 cm³/mol. The fourth-order valence-electron chi connectivity index (χ4n) is 1.62. The van der Waals surface area contributed by atoms with Gasteiger partial charge in [0, 0.05) is 24.5 Å². The van der Waals surface area contributed by atoms with Crippen molar-refractivity contribution in [1.29, 1.82) is 0 Å². The number of hydrogen-bond acceptors (Lipinski definition) is 2. The minimum atomic E-state index is -4.38. The summed E-state index contributed by atoms with van der Waals surface area (Å²) < 4.78 is 39.3. The Bertz CT molecular complexity index is 501. The highest BCUT2D eigenvalue weighted by atomic mass is 19.4. The van der Waals surface area contributed by atoms with E-state index in [9.17, 15) is 13.2 Å². The van der Waals surface area contributed by atoms with E-state index in [-0.39, 0.29) is 5.65 Å². The molecule has 2 rings (SSSR count). The van der Waals surface area contributed by atoms with Gasteiger partial charge in [-0.05, 0) is 18.7 Å². The molecule has 2 heterocycles. The molecule has 0 amide bonds. The maximum atomic E-state index is 12.6. The third-order valence-electron chi connectivity index (χ3n) is 2.32. The Kier molecular flexibility index (Phi) is 2.59. The minimum absolute atomic E-state index is 0.0709. The number of pyridine rings is 1. The molecular formula is C10H10F3N3. The van der Waals surface area contributed by atoms with Gasteiger partial charge < -0.3 is 10.1 Å². The number of rotatable bonds is 2. The van der Waals surface area contributed by atoms with E-state index in [0.29, 0.717) is 18.7 Å². The molecule has 2 N–H and O–H groups in total. The first-order valence-electron chi connectivity index (χ1n) is 4.76. The van der Waals surface area contributed by atoms with Crippen molar-refractivity contribution in [3.63, 3.8) is 0 Å². The van der Waals surface area contributed by atoms with E-state index in [1.165, 1.54) is 16.7 Å². The zero-order valence-corrected chi connectivity index (χ0v) is 8.33. The number of alkyl halides is 3. The third-order valence-corrected chi connectivity index (χ3v) is 2.32. The Balaban J connectivity index is 2.62. The molecular weight excluding hydrogens is 219 g/mol. The summed E-state index contributed by atoms with van der Waals surface area (Å²) >= 11 is 0. The van der Waals surface area contributed by atoms with Gasteiger partial charge in [0.1, 0.15) is 5.65 Å². The second kappa shape index (κ2) is 3.79. The van der Waals surface area contributed by atoms with Gasteiger partial charge in [0.15, 0.2) is 0 Å². The van der Waals surface area contributed by atoms with Crippen molar-refractivity contribution in [3.05, 3.63) is 35.8 Å². The molecule has 0 spiro atoms. The highest BCUT2D eigenvalue weighted by Gasteiger charge is 2.33.